The Morgan fingerprint density at radius 1 is 1.41 bits per heavy atom. The van der Waals surface area contributed by atoms with Crippen LogP contribution in [0, 0.1) is 0 Å². The van der Waals surface area contributed by atoms with Gasteiger partial charge in [0.15, 0.2) is 0 Å². The molecule has 1 aromatic heterocycles. The third kappa shape index (κ3) is 2.57. The van der Waals surface area contributed by atoms with E-state index in [0.29, 0.717) is 0 Å². The van der Waals surface area contributed by atoms with Gasteiger partial charge < -0.3 is 0 Å². The summed E-state index contributed by atoms with van der Waals surface area (Å²) in [5, 5.41) is 7.77. The molecule has 3 N–H and O–H groups in total. The van der Waals surface area contributed by atoms with Gasteiger partial charge in [0, 0.05) is 16.0 Å². The third-order valence-electron chi connectivity index (χ3n) is 2.48. The van der Waals surface area contributed by atoms with Gasteiger partial charge in [0.25, 0.3) is 0 Å². The van der Waals surface area contributed by atoms with Gasteiger partial charge in [-0.25, -0.2) is 5.43 Å². The van der Waals surface area contributed by atoms with Crippen molar-refractivity contribution >= 4 is 31.9 Å². The molecule has 0 radical (unpaired) electrons. The van der Waals surface area contributed by atoms with Crippen LogP contribution in [0.1, 0.15) is 17.3 Å². The van der Waals surface area contributed by atoms with E-state index in [0.717, 1.165) is 20.2 Å². The molecular formula is C10H11Br2N5. The van der Waals surface area contributed by atoms with Crippen LogP contribution in [0.5, 0.6) is 0 Å². The van der Waals surface area contributed by atoms with Gasteiger partial charge in [-0.05, 0) is 23.8 Å². The summed E-state index contributed by atoms with van der Waals surface area (Å²) in [5.74, 6) is 5.63. The van der Waals surface area contributed by atoms with Crippen LogP contribution in [0.3, 0.4) is 0 Å². The molecular weight excluding hydrogens is 350 g/mol. The molecule has 1 atom stereocenters. The highest BCUT2D eigenvalue weighted by atomic mass is 79.9. The number of hydrogen-bond acceptors (Lipinski definition) is 4. The van der Waals surface area contributed by atoms with E-state index in [1.165, 1.54) is 0 Å². The van der Waals surface area contributed by atoms with Crippen molar-refractivity contribution in [3.63, 3.8) is 0 Å². The Kier molecular flexibility index (Phi) is 3.93. The molecule has 2 aromatic rings. The number of aromatic nitrogens is 3. The molecule has 0 aliphatic heterocycles. The van der Waals surface area contributed by atoms with Crippen LogP contribution < -0.4 is 11.3 Å². The summed E-state index contributed by atoms with van der Waals surface area (Å²) in [5.41, 5.74) is 4.69. The van der Waals surface area contributed by atoms with Crippen molar-refractivity contribution in [1.82, 2.24) is 20.4 Å². The summed E-state index contributed by atoms with van der Waals surface area (Å²) in [6.45, 7) is 0. The summed E-state index contributed by atoms with van der Waals surface area (Å²) in [6.07, 6.45) is 1.69. The Bertz CT molecular complexity index is 525. The van der Waals surface area contributed by atoms with Crippen molar-refractivity contribution in [2.45, 2.75) is 6.04 Å². The predicted octanol–water partition coefficient (Wildman–Crippen LogP) is 1.89. The fourth-order valence-electron chi connectivity index (χ4n) is 1.63. The molecule has 1 heterocycles. The van der Waals surface area contributed by atoms with Crippen molar-refractivity contribution in [3.8, 4) is 0 Å². The zero-order valence-electron chi connectivity index (χ0n) is 9.06. The van der Waals surface area contributed by atoms with Gasteiger partial charge in [0.1, 0.15) is 0 Å². The monoisotopic (exact) mass is 359 g/mol. The molecule has 0 spiro atoms. The first kappa shape index (κ1) is 12.7. The van der Waals surface area contributed by atoms with Crippen molar-refractivity contribution in [3.05, 3.63) is 44.6 Å². The smallest absolute Gasteiger partial charge is 0.0905 e. The number of hydrazine groups is 1. The number of nitrogens with zero attached hydrogens (tertiary/aromatic N) is 3. The van der Waals surface area contributed by atoms with E-state index in [2.05, 4.69) is 47.6 Å². The van der Waals surface area contributed by atoms with Crippen LogP contribution in [0.25, 0.3) is 0 Å². The SMILES string of the molecule is Cn1nncc1C(NN)c1cc(Br)ccc1Br. The summed E-state index contributed by atoms with van der Waals surface area (Å²) >= 11 is 6.96. The molecule has 0 aliphatic rings. The largest absolute Gasteiger partial charge is 0.271 e. The second kappa shape index (κ2) is 5.26. The van der Waals surface area contributed by atoms with Crippen molar-refractivity contribution < 1.29 is 0 Å². The van der Waals surface area contributed by atoms with Crippen molar-refractivity contribution in [2.75, 3.05) is 0 Å². The molecule has 0 saturated carbocycles. The Hall–Kier alpha value is -0.760. The molecule has 0 bridgehead atoms. The molecule has 90 valence electrons. The second-order valence-electron chi connectivity index (χ2n) is 3.55. The van der Waals surface area contributed by atoms with Crippen LogP contribution in [-0.2, 0) is 7.05 Å². The van der Waals surface area contributed by atoms with Gasteiger partial charge in [0.2, 0.25) is 0 Å². The van der Waals surface area contributed by atoms with Crippen LogP contribution >= 0.6 is 31.9 Å². The summed E-state index contributed by atoms with van der Waals surface area (Å²) in [7, 11) is 1.83. The molecule has 1 unspecified atom stereocenters. The first-order valence-electron chi connectivity index (χ1n) is 4.89. The fraction of sp³-hybridized carbons (Fsp3) is 0.200. The topological polar surface area (TPSA) is 68.8 Å². The van der Waals surface area contributed by atoms with E-state index < -0.39 is 0 Å². The van der Waals surface area contributed by atoms with Gasteiger partial charge in [0.05, 0.1) is 17.9 Å². The maximum atomic E-state index is 5.63. The molecule has 0 amide bonds. The number of halogens is 2. The molecule has 1 aromatic carbocycles. The number of hydrogen-bond donors (Lipinski definition) is 2. The second-order valence-corrected chi connectivity index (χ2v) is 5.32. The highest BCUT2D eigenvalue weighted by Gasteiger charge is 2.19. The Morgan fingerprint density at radius 3 is 2.76 bits per heavy atom. The van der Waals surface area contributed by atoms with Crippen molar-refractivity contribution in [1.29, 1.82) is 0 Å². The van der Waals surface area contributed by atoms with E-state index in [-0.39, 0.29) is 6.04 Å². The van der Waals surface area contributed by atoms with Gasteiger partial charge in [-0.1, -0.05) is 37.1 Å². The Labute approximate surface area is 116 Å². The molecule has 2 rings (SSSR count). The lowest BCUT2D eigenvalue weighted by Gasteiger charge is -2.17. The average Bonchev–Trinajstić information content (AvgIpc) is 2.71. The Balaban J connectivity index is 2.49. The third-order valence-corrected chi connectivity index (χ3v) is 3.70. The van der Waals surface area contributed by atoms with E-state index in [1.807, 2.05) is 25.2 Å². The number of nitrogens with one attached hydrogen (secondary N) is 1. The fourth-order valence-corrected chi connectivity index (χ4v) is 2.48. The van der Waals surface area contributed by atoms with Gasteiger partial charge in [-0.3, -0.25) is 10.5 Å². The molecule has 0 aliphatic carbocycles. The predicted molar refractivity (Wildman–Crippen MR) is 72.0 cm³/mol. The zero-order valence-corrected chi connectivity index (χ0v) is 12.2. The summed E-state index contributed by atoms with van der Waals surface area (Å²) in [4.78, 5) is 0. The summed E-state index contributed by atoms with van der Waals surface area (Å²) < 4.78 is 3.66. The normalized spacial score (nSPS) is 12.7. The molecule has 0 fully saturated rings. The lowest BCUT2D eigenvalue weighted by atomic mass is 10.1. The number of aryl methyl sites for hydroxylation is 1. The average molecular weight is 361 g/mol. The standard InChI is InChI=1S/C10H11Br2N5/c1-17-9(5-14-16-17)10(15-13)7-4-6(11)2-3-8(7)12/h2-5,10,15H,13H2,1H3. The maximum Gasteiger partial charge on any atom is 0.0905 e. The van der Waals surface area contributed by atoms with Crippen molar-refractivity contribution in [2.24, 2.45) is 12.9 Å². The highest BCUT2D eigenvalue weighted by Crippen LogP contribution is 2.29. The van der Waals surface area contributed by atoms with Crippen LogP contribution in [0.15, 0.2) is 33.3 Å². The first-order chi connectivity index (χ1) is 8.13. The van der Waals surface area contributed by atoms with E-state index in [9.17, 15) is 0 Å². The number of benzene rings is 1. The maximum absolute atomic E-state index is 5.63. The summed E-state index contributed by atoms with van der Waals surface area (Å²) in [6, 6.07) is 5.76. The van der Waals surface area contributed by atoms with E-state index in [4.69, 9.17) is 5.84 Å². The minimum atomic E-state index is -0.165. The van der Waals surface area contributed by atoms with Crippen LogP contribution in [0.2, 0.25) is 0 Å². The van der Waals surface area contributed by atoms with Gasteiger partial charge in [-0.2, -0.15) is 0 Å². The minimum absolute atomic E-state index is 0.165. The lowest BCUT2D eigenvalue weighted by Crippen LogP contribution is -2.30. The zero-order chi connectivity index (χ0) is 12.4. The van der Waals surface area contributed by atoms with Crippen LogP contribution in [0.4, 0.5) is 0 Å². The molecule has 7 heteroatoms. The van der Waals surface area contributed by atoms with Gasteiger partial charge in [-0.15, -0.1) is 5.10 Å². The number of nitrogens with two attached hydrogens (primary N) is 1. The van der Waals surface area contributed by atoms with E-state index >= 15 is 0 Å². The molecule has 0 saturated heterocycles. The first-order valence-corrected chi connectivity index (χ1v) is 6.47. The molecule has 5 nitrogen and oxygen atoms in total. The Morgan fingerprint density at radius 2 is 2.18 bits per heavy atom. The van der Waals surface area contributed by atoms with Crippen LogP contribution in [-0.4, -0.2) is 15.0 Å². The van der Waals surface area contributed by atoms with E-state index in [1.54, 1.807) is 10.9 Å². The lowest BCUT2D eigenvalue weighted by molar-refractivity contribution is 0.568. The minimum Gasteiger partial charge on any atom is -0.271 e. The molecule has 17 heavy (non-hydrogen) atoms. The van der Waals surface area contributed by atoms with Gasteiger partial charge >= 0.3 is 0 Å². The number of rotatable bonds is 3. The quantitative estimate of drug-likeness (QED) is 0.647. The highest BCUT2D eigenvalue weighted by molar-refractivity contribution is 9.11.